The number of nitrogens with one attached hydrogen (secondary N) is 1. The van der Waals surface area contributed by atoms with E-state index in [0.29, 0.717) is 17.4 Å². The van der Waals surface area contributed by atoms with Crippen molar-refractivity contribution in [3.05, 3.63) is 104 Å². The second-order valence-electron chi connectivity index (χ2n) is 7.50. The largest absolute Gasteiger partial charge is 0.497 e. The number of benzene rings is 2. The van der Waals surface area contributed by atoms with E-state index in [0.717, 1.165) is 22.4 Å². The molecule has 8 heteroatoms. The fourth-order valence-corrected chi connectivity index (χ4v) is 3.65. The maximum atomic E-state index is 13.4. The van der Waals surface area contributed by atoms with Crippen LogP contribution in [0.25, 0.3) is 34.1 Å². The molecule has 8 nitrogen and oxygen atoms in total. The highest BCUT2D eigenvalue weighted by Crippen LogP contribution is 2.16. The minimum atomic E-state index is -0.466. The zero-order valence-electron chi connectivity index (χ0n) is 17.7. The lowest BCUT2D eigenvalue weighted by Crippen LogP contribution is -2.10. The van der Waals surface area contributed by atoms with Gasteiger partial charge in [0.1, 0.15) is 11.3 Å². The number of methoxy groups -OCH3 is 1. The smallest absolute Gasteiger partial charge is 0.278 e. The maximum Gasteiger partial charge on any atom is 0.278 e. The van der Waals surface area contributed by atoms with Crippen LogP contribution >= 0.6 is 0 Å². The quantitative estimate of drug-likeness (QED) is 0.453. The number of rotatable bonds is 5. The molecule has 0 fully saturated rings. The summed E-state index contributed by atoms with van der Waals surface area (Å²) >= 11 is 0. The predicted molar refractivity (Wildman–Crippen MR) is 127 cm³/mol. The molecule has 1 N–H and O–H groups in total. The molecule has 3 aromatic heterocycles. The van der Waals surface area contributed by atoms with Gasteiger partial charge in [0, 0.05) is 17.8 Å². The van der Waals surface area contributed by atoms with E-state index in [2.05, 4.69) is 20.3 Å². The van der Waals surface area contributed by atoms with Crippen molar-refractivity contribution in [3.63, 3.8) is 0 Å². The summed E-state index contributed by atoms with van der Waals surface area (Å²) < 4.78 is 6.65. The van der Waals surface area contributed by atoms with Gasteiger partial charge in [-0.1, -0.05) is 41.6 Å². The Morgan fingerprint density at radius 2 is 1.85 bits per heavy atom. The molecule has 0 atom stereocenters. The number of hydrogen-bond acceptors (Lipinski definition) is 6. The third kappa shape index (κ3) is 4.01. The minimum Gasteiger partial charge on any atom is -0.497 e. The average molecular weight is 437 g/mol. The lowest BCUT2D eigenvalue weighted by Gasteiger charge is -2.04. The summed E-state index contributed by atoms with van der Waals surface area (Å²) in [6.07, 6.45) is 7.28. The van der Waals surface area contributed by atoms with E-state index in [1.54, 1.807) is 31.6 Å². The summed E-state index contributed by atoms with van der Waals surface area (Å²) in [5.74, 6) is 0.730. The molecule has 0 radical (unpaired) electrons. The maximum absolute atomic E-state index is 13.4. The Hall–Kier alpha value is -4.59. The van der Waals surface area contributed by atoms with Crippen LogP contribution in [0, 0.1) is 0 Å². The molecule has 0 spiro atoms. The van der Waals surface area contributed by atoms with Gasteiger partial charge in [-0.05, 0) is 47.0 Å². The fourth-order valence-electron chi connectivity index (χ4n) is 3.65. The molecular weight excluding hydrogens is 418 g/mol. The summed E-state index contributed by atoms with van der Waals surface area (Å²) in [7, 11) is 1.60. The molecule has 33 heavy (non-hydrogen) atoms. The number of aromatic amines is 1. The van der Waals surface area contributed by atoms with Gasteiger partial charge in [0.2, 0.25) is 5.43 Å². The van der Waals surface area contributed by atoms with Gasteiger partial charge in [-0.3, -0.25) is 14.6 Å². The molecule has 0 aliphatic carbocycles. The first kappa shape index (κ1) is 20.3. The summed E-state index contributed by atoms with van der Waals surface area (Å²) in [6.45, 7) is 0.298. The monoisotopic (exact) mass is 437 g/mol. The van der Waals surface area contributed by atoms with Crippen molar-refractivity contribution >= 4 is 34.1 Å². The van der Waals surface area contributed by atoms with Gasteiger partial charge in [-0.15, -0.1) is 5.10 Å². The first-order valence-electron chi connectivity index (χ1n) is 10.3. The molecule has 0 saturated heterocycles. The van der Waals surface area contributed by atoms with Crippen LogP contribution in [0.3, 0.4) is 0 Å². The molecule has 5 rings (SSSR count). The molecule has 0 bridgehead atoms. The van der Waals surface area contributed by atoms with Gasteiger partial charge >= 0.3 is 0 Å². The zero-order valence-corrected chi connectivity index (χ0v) is 17.7. The minimum absolute atomic E-state index is 0.0113. The van der Waals surface area contributed by atoms with Crippen LogP contribution in [0.15, 0.2) is 76.6 Å². The molecule has 162 valence electrons. The Labute approximate surface area is 187 Å². The molecule has 0 aliphatic rings. The Morgan fingerprint density at radius 1 is 1.03 bits per heavy atom. The molecule has 0 saturated carbocycles. The number of fused-ring (bicyclic) bond motifs is 2. The number of pyridine rings is 1. The van der Waals surface area contributed by atoms with E-state index < -0.39 is 5.56 Å². The van der Waals surface area contributed by atoms with E-state index in [1.165, 1.54) is 4.68 Å². The first-order valence-corrected chi connectivity index (χ1v) is 10.3. The first-order chi connectivity index (χ1) is 16.1. The third-order valence-corrected chi connectivity index (χ3v) is 5.35. The molecule has 0 aliphatic heterocycles. The van der Waals surface area contributed by atoms with Crippen LogP contribution in [-0.4, -0.2) is 32.1 Å². The van der Waals surface area contributed by atoms with Crippen molar-refractivity contribution in [2.45, 2.75) is 6.54 Å². The highest BCUT2D eigenvalue weighted by atomic mass is 16.5. The van der Waals surface area contributed by atoms with Crippen molar-refractivity contribution in [2.24, 2.45) is 0 Å². The summed E-state index contributed by atoms with van der Waals surface area (Å²) in [6, 6.07) is 16.5. The van der Waals surface area contributed by atoms with E-state index in [4.69, 9.17) is 4.74 Å². The van der Waals surface area contributed by atoms with Gasteiger partial charge in [0.15, 0.2) is 5.52 Å². The topological polar surface area (TPSA) is 103 Å². The molecule has 2 aromatic carbocycles. The van der Waals surface area contributed by atoms with Gasteiger partial charge in [-0.2, -0.15) is 0 Å². The molecule has 3 heterocycles. The standard InChI is InChI=1S/C25H19N5O3/c1-33-19-9-6-18(7-10-19)15-30-23-22(28-29-30)25(32)27-21-13-16(8-11-20(21)24(23)31)4-5-17-3-2-12-26-14-17/h2-14H,15H2,1H3,(H,27,32). The molecule has 5 aromatic rings. The number of nitrogens with zero attached hydrogens (tertiary/aromatic N) is 4. The summed E-state index contributed by atoms with van der Waals surface area (Å²) in [4.78, 5) is 33.1. The van der Waals surface area contributed by atoms with Gasteiger partial charge in [0.25, 0.3) is 5.56 Å². The second-order valence-corrected chi connectivity index (χ2v) is 7.50. The van der Waals surface area contributed by atoms with E-state index >= 15 is 0 Å². The molecule has 0 unspecified atom stereocenters. The van der Waals surface area contributed by atoms with E-state index in [9.17, 15) is 9.59 Å². The van der Waals surface area contributed by atoms with E-state index in [1.807, 2.05) is 54.6 Å². The van der Waals surface area contributed by atoms with Crippen LogP contribution in [0.5, 0.6) is 5.75 Å². The summed E-state index contributed by atoms with van der Waals surface area (Å²) in [5, 5.41) is 8.45. The number of ether oxygens (including phenoxy) is 1. The van der Waals surface area contributed by atoms with Gasteiger partial charge in [-0.25, -0.2) is 4.68 Å². The number of H-pyrrole nitrogens is 1. The normalized spacial score (nSPS) is 11.4. The van der Waals surface area contributed by atoms with Crippen molar-refractivity contribution < 1.29 is 4.74 Å². The van der Waals surface area contributed by atoms with Crippen LogP contribution < -0.4 is 15.7 Å². The SMILES string of the molecule is COc1ccc(Cn2nnc3c(=O)[nH]c4cc(C=Cc5cccnc5)ccc4c(=O)c32)cc1. The van der Waals surface area contributed by atoms with Crippen molar-refractivity contribution in [1.82, 2.24) is 25.0 Å². The Bertz CT molecular complexity index is 1600. The predicted octanol–water partition coefficient (Wildman–Crippen LogP) is 3.26. The lowest BCUT2D eigenvalue weighted by molar-refractivity contribution is 0.414. The third-order valence-electron chi connectivity index (χ3n) is 5.35. The summed E-state index contributed by atoms with van der Waals surface area (Å²) in [5.41, 5.74) is 2.53. The van der Waals surface area contributed by atoms with Crippen molar-refractivity contribution in [2.75, 3.05) is 7.11 Å². The van der Waals surface area contributed by atoms with E-state index in [-0.39, 0.29) is 16.5 Å². The van der Waals surface area contributed by atoms with Crippen LogP contribution in [0.4, 0.5) is 0 Å². The highest BCUT2D eigenvalue weighted by Gasteiger charge is 2.14. The lowest BCUT2D eigenvalue weighted by atomic mass is 10.1. The Morgan fingerprint density at radius 3 is 2.61 bits per heavy atom. The van der Waals surface area contributed by atoms with Crippen LogP contribution in [-0.2, 0) is 6.54 Å². The van der Waals surface area contributed by atoms with Crippen molar-refractivity contribution in [3.8, 4) is 5.75 Å². The molecule has 0 amide bonds. The molecular formula is C25H19N5O3. The van der Waals surface area contributed by atoms with Gasteiger partial charge < -0.3 is 9.72 Å². The number of hydrogen-bond donors (Lipinski definition) is 1. The zero-order chi connectivity index (χ0) is 22.8. The van der Waals surface area contributed by atoms with Crippen LogP contribution in [0.1, 0.15) is 16.7 Å². The fraction of sp³-hybridized carbons (Fsp3) is 0.0800. The van der Waals surface area contributed by atoms with Crippen molar-refractivity contribution in [1.29, 1.82) is 0 Å². The second kappa shape index (κ2) is 8.51. The Balaban J connectivity index is 1.60. The average Bonchev–Trinajstić information content (AvgIpc) is 3.23. The highest BCUT2D eigenvalue weighted by molar-refractivity contribution is 5.88. The van der Waals surface area contributed by atoms with Gasteiger partial charge in [0.05, 0.1) is 19.2 Å². The number of aromatic nitrogens is 5. The Kier molecular flexibility index (Phi) is 5.24. The van der Waals surface area contributed by atoms with Crippen LogP contribution in [0.2, 0.25) is 0 Å².